The van der Waals surface area contributed by atoms with Crippen LogP contribution in [0.3, 0.4) is 0 Å². The van der Waals surface area contributed by atoms with Crippen LogP contribution in [0.4, 0.5) is 10.1 Å². The quantitative estimate of drug-likeness (QED) is 0.543. The Bertz CT molecular complexity index is 799. The molecule has 0 amide bonds. The van der Waals surface area contributed by atoms with Gasteiger partial charge in [-0.25, -0.2) is 4.39 Å². The summed E-state index contributed by atoms with van der Waals surface area (Å²) in [6.45, 7) is 0. The summed E-state index contributed by atoms with van der Waals surface area (Å²) in [5.74, 6) is -0.166. The van der Waals surface area contributed by atoms with Gasteiger partial charge in [-0.05, 0) is 24.3 Å². The molecular formula is C14H8FN3O3. The number of non-ortho nitro benzene ring substituents is 1. The molecule has 0 atom stereocenters. The van der Waals surface area contributed by atoms with Gasteiger partial charge in [-0.1, -0.05) is 17.3 Å². The zero-order chi connectivity index (χ0) is 14.8. The summed E-state index contributed by atoms with van der Waals surface area (Å²) < 4.78 is 18.7. The molecule has 0 unspecified atom stereocenters. The van der Waals surface area contributed by atoms with Gasteiger partial charge in [0.2, 0.25) is 5.82 Å². The fourth-order valence-electron chi connectivity index (χ4n) is 1.82. The molecule has 0 saturated carbocycles. The number of halogens is 1. The molecule has 104 valence electrons. The second kappa shape index (κ2) is 5.12. The maximum atomic E-state index is 13.6. The van der Waals surface area contributed by atoms with Gasteiger partial charge >= 0.3 is 0 Å². The predicted molar refractivity (Wildman–Crippen MR) is 71.8 cm³/mol. The van der Waals surface area contributed by atoms with Crippen molar-refractivity contribution < 1.29 is 13.8 Å². The molecule has 2 aromatic carbocycles. The lowest BCUT2D eigenvalue weighted by Gasteiger charge is -1.95. The van der Waals surface area contributed by atoms with Crippen LogP contribution >= 0.6 is 0 Å². The van der Waals surface area contributed by atoms with E-state index in [0.717, 1.165) is 0 Å². The third-order valence-corrected chi connectivity index (χ3v) is 2.87. The van der Waals surface area contributed by atoms with E-state index in [2.05, 4.69) is 10.1 Å². The lowest BCUT2D eigenvalue weighted by atomic mass is 10.2. The van der Waals surface area contributed by atoms with E-state index >= 15 is 0 Å². The Labute approximate surface area is 118 Å². The molecule has 1 heterocycles. The second-order valence-electron chi connectivity index (χ2n) is 4.21. The lowest BCUT2D eigenvalue weighted by Crippen LogP contribution is -1.88. The summed E-state index contributed by atoms with van der Waals surface area (Å²) in [5.41, 5.74) is 0.724. The van der Waals surface area contributed by atoms with Crippen molar-refractivity contribution in [1.29, 1.82) is 0 Å². The highest BCUT2D eigenvalue weighted by atomic mass is 19.1. The van der Waals surface area contributed by atoms with Gasteiger partial charge in [0.1, 0.15) is 5.82 Å². The van der Waals surface area contributed by atoms with Crippen LogP contribution in [0.15, 0.2) is 53.1 Å². The van der Waals surface area contributed by atoms with Gasteiger partial charge in [-0.15, -0.1) is 0 Å². The van der Waals surface area contributed by atoms with Crippen molar-refractivity contribution in [3.63, 3.8) is 0 Å². The molecule has 0 aliphatic carbocycles. The number of benzene rings is 2. The Morgan fingerprint density at radius 1 is 1.10 bits per heavy atom. The van der Waals surface area contributed by atoms with Crippen LogP contribution in [0.2, 0.25) is 0 Å². The molecule has 0 bridgehead atoms. The van der Waals surface area contributed by atoms with Crippen molar-refractivity contribution in [2.45, 2.75) is 0 Å². The summed E-state index contributed by atoms with van der Waals surface area (Å²) in [6, 6.07) is 11.7. The van der Waals surface area contributed by atoms with Crippen LogP contribution in [-0.2, 0) is 0 Å². The number of rotatable bonds is 3. The van der Waals surface area contributed by atoms with Crippen LogP contribution in [0.5, 0.6) is 0 Å². The molecule has 0 spiro atoms. The molecule has 0 radical (unpaired) electrons. The van der Waals surface area contributed by atoms with E-state index in [9.17, 15) is 14.5 Å². The van der Waals surface area contributed by atoms with Crippen molar-refractivity contribution >= 4 is 5.69 Å². The van der Waals surface area contributed by atoms with Gasteiger partial charge < -0.3 is 4.52 Å². The van der Waals surface area contributed by atoms with Crippen LogP contribution in [0, 0.1) is 15.9 Å². The molecular weight excluding hydrogens is 277 g/mol. The third kappa shape index (κ3) is 2.48. The summed E-state index contributed by atoms with van der Waals surface area (Å²) in [4.78, 5) is 14.2. The zero-order valence-corrected chi connectivity index (χ0v) is 10.6. The van der Waals surface area contributed by atoms with Crippen LogP contribution in [0.1, 0.15) is 0 Å². The number of nitro benzene ring substituents is 1. The Morgan fingerprint density at radius 2 is 1.81 bits per heavy atom. The van der Waals surface area contributed by atoms with Crippen LogP contribution in [-0.4, -0.2) is 15.1 Å². The maximum absolute atomic E-state index is 13.6. The Balaban J connectivity index is 1.95. The summed E-state index contributed by atoms with van der Waals surface area (Å²) in [5, 5.41) is 14.3. The van der Waals surface area contributed by atoms with E-state index in [4.69, 9.17) is 4.52 Å². The van der Waals surface area contributed by atoms with Gasteiger partial charge in [0.15, 0.2) is 0 Å². The normalized spacial score (nSPS) is 10.5. The average Bonchev–Trinajstić information content (AvgIpc) is 2.97. The highest BCUT2D eigenvalue weighted by Crippen LogP contribution is 2.25. The first-order chi connectivity index (χ1) is 10.1. The van der Waals surface area contributed by atoms with E-state index in [1.54, 1.807) is 12.1 Å². The summed E-state index contributed by atoms with van der Waals surface area (Å²) in [7, 11) is 0. The third-order valence-electron chi connectivity index (χ3n) is 2.87. The van der Waals surface area contributed by atoms with Gasteiger partial charge in [0.05, 0.1) is 10.5 Å². The summed E-state index contributed by atoms with van der Waals surface area (Å²) in [6.07, 6.45) is 0. The topological polar surface area (TPSA) is 82.1 Å². The van der Waals surface area contributed by atoms with E-state index in [0.29, 0.717) is 5.56 Å². The van der Waals surface area contributed by atoms with Gasteiger partial charge in [-0.3, -0.25) is 10.1 Å². The number of hydrogen-bond acceptors (Lipinski definition) is 5. The first-order valence-corrected chi connectivity index (χ1v) is 5.98. The molecule has 3 rings (SSSR count). The van der Waals surface area contributed by atoms with E-state index in [-0.39, 0.29) is 23.0 Å². The van der Waals surface area contributed by atoms with Gasteiger partial charge in [0.25, 0.3) is 11.6 Å². The second-order valence-corrected chi connectivity index (χ2v) is 4.21. The van der Waals surface area contributed by atoms with E-state index in [1.807, 2.05) is 0 Å². The average molecular weight is 285 g/mol. The first kappa shape index (κ1) is 12.9. The first-order valence-electron chi connectivity index (χ1n) is 5.98. The minimum atomic E-state index is -0.495. The van der Waals surface area contributed by atoms with Crippen LogP contribution < -0.4 is 0 Å². The fraction of sp³-hybridized carbons (Fsp3) is 0. The number of aromatic nitrogens is 2. The highest BCUT2D eigenvalue weighted by molar-refractivity contribution is 5.61. The van der Waals surface area contributed by atoms with Crippen molar-refractivity contribution in [3.8, 4) is 22.8 Å². The SMILES string of the molecule is O=[N+]([O-])c1ccc(-c2noc(-c3ccccc3F)n2)cc1. The molecule has 0 aliphatic rings. The van der Waals surface area contributed by atoms with Gasteiger partial charge in [0, 0.05) is 17.7 Å². The number of nitro groups is 1. The maximum Gasteiger partial charge on any atom is 0.269 e. The lowest BCUT2D eigenvalue weighted by molar-refractivity contribution is -0.384. The molecule has 0 saturated heterocycles. The minimum absolute atomic E-state index is 0.0310. The van der Waals surface area contributed by atoms with Crippen molar-refractivity contribution in [3.05, 3.63) is 64.5 Å². The fourth-order valence-corrected chi connectivity index (χ4v) is 1.82. The highest BCUT2D eigenvalue weighted by Gasteiger charge is 2.14. The van der Waals surface area contributed by atoms with Crippen LogP contribution in [0.25, 0.3) is 22.8 Å². The smallest absolute Gasteiger partial charge is 0.269 e. The molecule has 1 aromatic heterocycles. The van der Waals surface area contributed by atoms with Crippen molar-refractivity contribution in [2.24, 2.45) is 0 Å². The van der Waals surface area contributed by atoms with Crippen molar-refractivity contribution in [2.75, 3.05) is 0 Å². The number of hydrogen-bond donors (Lipinski definition) is 0. The molecule has 21 heavy (non-hydrogen) atoms. The minimum Gasteiger partial charge on any atom is -0.334 e. The monoisotopic (exact) mass is 285 g/mol. The Hall–Kier alpha value is -3.09. The van der Waals surface area contributed by atoms with Gasteiger partial charge in [-0.2, -0.15) is 4.98 Å². The molecule has 0 N–H and O–H groups in total. The molecule has 7 heteroatoms. The van der Waals surface area contributed by atoms with E-state index < -0.39 is 10.7 Å². The molecule has 0 fully saturated rings. The Morgan fingerprint density at radius 3 is 2.48 bits per heavy atom. The van der Waals surface area contributed by atoms with Crippen molar-refractivity contribution in [1.82, 2.24) is 10.1 Å². The Kier molecular flexibility index (Phi) is 3.15. The largest absolute Gasteiger partial charge is 0.334 e. The molecule has 6 nitrogen and oxygen atoms in total. The molecule has 3 aromatic rings. The van der Waals surface area contributed by atoms with E-state index in [1.165, 1.54) is 36.4 Å². The standard InChI is InChI=1S/C14H8FN3O3/c15-12-4-2-1-3-11(12)14-16-13(17-21-14)9-5-7-10(8-6-9)18(19)20/h1-8H. The predicted octanol–water partition coefficient (Wildman–Crippen LogP) is 3.45. The molecule has 0 aliphatic heterocycles. The zero-order valence-electron chi connectivity index (χ0n) is 10.6. The summed E-state index contributed by atoms with van der Waals surface area (Å²) >= 11 is 0. The number of nitrogens with zero attached hydrogens (tertiary/aromatic N) is 3.